The van der Waals surface area contributed by atoms with Gasteiger partial charge in [0.25, 0.3) is 5.91 Å². The number of thiocarbonyl (C=S) groups is 1. The van der Waals surface area contributed by atoms with E-state index in [9.17, 15) is 4.79 Å². The highest BCUT2D eigenvalue weighted by atomic mass is 32.1. The summed E-state index contributed by atoms with van der Waals surface area (Å²) in [7, 11) is 0. The van der Waals surface area contributed by atoms with E-state index in [1.165, 1.54) is 0 Å². The second-order valence-corrected chi connectivity index (χ2v) is 5.33. The molecule has 5 heteroatoms. The Morgan fingerprint density at radius 2 is 2.05 bits per heavy atom. The minimum atomic E-state index is 0.0399. The van der Waals surface area contributed by atoms with Crippen LogP contribution in [0.1, 0.15) is 35.7 Å². The van der Waals surface area contributed by atoms with Gasteiger partial charge in [0.2, 0.25) is 0 Å². The minimum Gasteiger partial charge on any atom is -0.389 e. The van der Waals surface area contributed by atoms with Crippen molar-refractivity contribution in [2.75, 3.05) is 19.7 Å². The first-order chi connectivity index (χ1) is 9.61. The fourth-order valence-corrected chi connectivity index (χ4v) is 2.58. The third kappa shape index (κ3) is 3.55. The number of hydrogen-bond acceptors (Lipinski definition) is 3. The maximum absolute atomic E-state index is 12.4. The Balaban J connectivity index is 2.02. The third-order valence-electron chi connectivity index (χ3n) is 3.53. The molecule has 1 amide bonds. The molecule has 0 unspecified atom stereocenters. The largest absolute Gasteiger partial charge is 0.389 e. The Hall–Kier alpha value is -1.46. The van der Waals surface area contributed by atoms with Gasteiger partial charge in [-0.3, -0.25) is 4.79 Å². The van der Waals surface area contributed by atoms with Crippen molar-refractivity contribution in [2.45, 2.75) is 25.9 Å². The van der Waals surface area contributed by atoms with Crippen LogP contribution in [0.5, 0.6) is 0 Å². The maximum Gasteiger partial charge on any atom is 0.253 e. The Kier molecular flexibility index (Phi) is 5.09. The molecule has 0 radical (unpaired) electrons. The molecule has 1 aliphatic rings. The minimum absolute atomic E-state index is 0.0399. The van der Waals surface area contributed by atoms with Gasteiger partial charge < -0.3 is 15.4 Å². The van der Waals surface area contributed by atoms with E-state index in [4.69, 9.17) is 22.7 Å². The van der Waals surface area contributed by atoms with Crippen LogP contribution in [-0.4, -0.2) is 41.6 Å². The number of likely N-dealkylation sites (tertiary alicyclic amines) is 1. The first kappa shape index (κ1) is 14.9. The quantitative estimate of drug-likeness (QED) is 0.862. The highest BCUT2D eigenvalue weighted by molar-refractivity contribution is 7.80. The zero-order valence-electron chi connectivity index (χ0n) is 11.7. The first-order valence-electron chi connectivity index (χ1n) is 6.92. The maximum atomic E-state index is 12.4. The molecule has 2 rings (SSSR count). The molecule has 1 aromatic carbocycles. The fourth-order valence-electron chi connectivity index (χ4n) is 2.45. The lowest BCUT2D eigenvalue weighted by molar-refractivity contribution is 0.0146. The predicted molar refractivity (Wildman–Crippen MR) is 82.9 cm³/mol. The van der Waals surface area contributed by atoms with Crippen molar-refractivity contribution in [1.29, 1.82) is 0 Å². The molecule has 1 aromatic rings. The molecular weight excluding hydrogens is 272 g/mol. The Morgan fingerprint density at radius 1 is 1.40 bits per heavy atom. The number of nitrogens with zero attached hydrogens (tertiary/aromatic N) is 1. The second kappa shape index (κ2) is 6.81. The molecule has 1 saturated heterocycles. The van der Waals surface area contributed by atoms with Crippen LogP contribution in [0, 0.1) is 0 Å². The molecule has 1 aliphatic heterocycles. The van der Waals surface area contributed by atoms with Gasteiger partial charge in [0.05, 0.1) is 6.10 Å². The molecule has 4 nitrogen and oxygen atoms in total. The molecular formula is C15H20N2O2S. The lowest BCUT2D eigenvalue weighted by Crippen LogP contribution is -2.41. The molecule has 20 heavy (non-hydrogen) atoms. The van der Waals surface area contributed by atoms with E-state index < -0.39 is 0 Å². The normalized spacial score (nSPS) is 16.1. The van der Waals surface area contributed by atoms with Crippen LogP contribution in [0.25, 0.3) is 0 Å². The summed E-state index contributed by atoms with van der Waals surface area (Å²) in [5.41, 5.74) is 6.98. The van der Waals surface area contributed by atoms with E-state index in [0.29, 0.717) is 10.6 Å². The summed E-state index contributed by atoms with van der Waals surface area (Å²) in [5.74, 6) is 0.0399. The van der Waals surface area contributed by atoms with Gasteiger partial charge in [-0.2, -0.15) is 0 Å². The van der Waals surface area contributed by atoms with Crippen LogP contribution in [0.4, 0.5) is 0 Å². The van der Waals surface area contributed by atoms with E-state index in [1.54, 1.807) is 12.1 Å². The van der Waals surface area contributed by atoms with Crippen molar-refractivity contribution in [1.82, 2.24) is 4.90 Å². The molecule has 0 spiro atoms. The van der Waals surface area contributed by atoms with Gasteiger partial charge in [-0.05, 0) is 31.9 Å². The van der Waals surface area contributed by atoms with Crippen molar-refractivity contribution in [3.05, 3.63) is 35.4 Å². The third-order valence-corrected chi connectivity index (χ3v) is 3.76. The van der Waals surface area contributed by atoms with E-state index in [-0.39, 0.29) is 12.0 Å². The monoisotopic (exact) mass is 292 g/mol. The van der Waals surface area contributed by atoms with Gasteiger partial charge in [0.15, 0.2) is 0 Å². The zero-order valence-corrected chi connectivity index (χ0v) is 12.5. The lowest BCUT2D eigenvalue weighted by Gasteiger charge is -2.31. The summed E-state index contributed by atoms with van der Waals surface area (Å²) in [6.45, 7) is 4.20. The molecule has 0 atom stereocenters. The SMILES string of the molecule is CCOC1CCN(C(=O)c2cccc(C(N)=S)c2)CC1. The molecule has 0 saturated carbocycles. The van der Waals surface area contributed by atoms with Gasteiger partial charge in [-0.15, -0.1) is 0 Å². The van der Waals surface area contributed by atoms with Gasteiger partial charge >= 0.3 is 0 Å². The smallest absolute Gasteiger partial charge is 0.253 e. The summed E-state index contributed by atoms with van der Waals surface area (Å²) >= 11 is 4.95. The summed E-state index contributed by atoms with van der Waals surface area (Å²) < 4.78 is 5.60. The van der Waals surface area contributed by atoms with E-state index in [0.717, 1.165) is 38.1 Å². The molecule has 2 N–H and O–H groups in total. The molecule has 1 heterocycles. The highest BCUT2D eigenvalue weighted by Gasteiger charge is 2.23. The predicted octanol–water partition coefficient (Wildman–Crippen LogP) is 1.96. The standard InChI is InChI=1S/C15H20N2O2S/c1-2-19-13-6-8-17(9-7-13)15(18)12-5-3-4-11(10-12)14(16)20/h3-5,10,13H,2,6-9H2,1H3,(H2,16,20). The number of carbonyl (C=O) groups is 1. The number of nitrogens with two attached hydrogens (primary N) is 1. The van der Waals surface area contributed by atoms with Crippen LogP contribution in [0.3, 0.4) is 0 Å². The van der Waals surface area contributed by atoms with Gasteiger partial charge in [-0.1, -0.05) is 24.4 Å². The van der Waals surface area contributed by atoms with Crippen LogP contribution in [0.15, 0.2) is 24.3 Å². The highest BCUT2D eigenvalue weighted by Crippen LogP contribution is 2.17. The van der Waals surface area contributed by atoms with Crippen LogP contribution in [-0.2, 0) is 4.74 Å². The van der Waals surface area contributed by atoms with Crippen LogP contribution >= 0.6 is 12.2 Å². The number of ether oxygens (including phenoxy) is 1. The molecule has 108 valence electrons. The average Bonchev–Trinajstić information content (AvgIpc) is 2.48. The number of benzene rings is 1. The molecule has 0 bridgehead atoms. The summed E-state index contributed by atoms with van der Waals surface area (Å²) in [4.78, 5) is 14.6. The number of hydrogen-bond donors (Lipinski definition) is 1. The number of amides is 1. The Labute approximate surface area is 124 Å². The summed E-state index contributed by atoms with van der Waals surface area (Å²) in [5, 5.41) is 0. The molecule has 0 aromatic heterocycles. The fraction of sp³-hybridized carbons (Fsp3) is 0.467. The van der Waals surface area contributed by atoms with Crippen molar-refractivity contribution >= 4 is 23.1 Å². The average molecular weight is 292 g/mol. The van der Waals surface area contributed by atoms with E-state index >= 15 is 0 Å². The number of rotatable bonds is 4. The first-order valence-corrected chi connectivity index (χ1v) is 7.33. The summed E-state index contributed by atoms with van der Waals surface area (Å²) in [6.07, 6.45) is 2.08. The lowest BCUT2D eigenvalue weighted by atomic mass is 10.0. The number of piperidine rings is 1. The van der Waals surface area contributed by atoms with Crippen molar-refractivity contribution in [3.63, 3.8) is 0 Å². The zero-order chi connectivity index (χ0) is 14.5. The van der Waals surface area contributed by atoms with Gasteiger partial charge in [0.1, 0.15) is 4.99 Å². The van der Waals surface area contributed by atoms with E-state index in [1.807, 2.05) is 24.0 Å². The van der Waals surface area contributed by atoms with Crippen LogP contribution < -0.4 is 5.73 Å². The Bertz CT molecular complexity index is 496. The van der Waals surface area contributed by atoms with Crippen molar-refractivity contribution in [2.24, 2.45) is 5.73 Å². The second-order valence-electron chi connectivity index (χ2n) is 4.89. The van der Waals surface area contributed by atoms with Gasteiger partial charge in [-0.25, -0.2) is 0 Å². The summed E-state index contributed by atoms with van der Waals surface area (Å²) in [6, 6.07) is 7.20. The number of carbonyl (C=O) groups excluding carboxylic acids is 1. The van der Waals surface area contributed by atoms with Crippen molar-refractivity contribution in [3.8, 4) is 0 Å². The van der Waals surface area contributed by atoms with Crippen LogP contribution in [0.2, 0.25) is 0 Å². The molecule has 1 fully saturated rings. The Morgan fingerprint density at radius 3 is 2.65 bits per heavy atom. The topological polar surface area (TPSA) is 55.6 Å². The van der Waals surface area contributed by atoms with E-state index in [2.05, 4.69) is 0 Å². The molecule has 0 aliphatic carbocycles. The van der Waals surface area contributed by atoms with Gasteiger partial charge in [0, 0.05) is 30.8 Å². The van der Waals surface area contributed by atoms with Crippen molar-refractivity contribution < 1.29 is 9.53 Å².